The van der Waals surface area contributed by atoms with Gasteiger partial charge in [0.15, 0.2) is 6.61 Å². The molecule has 8 heteroatoms. The topological polar surface area (TPSA) is 77.2 Å². The molecule has 1 aromatic carbocycles. The number of nitrogens with one attached hydrogen (secondary N) is 1. The molecule has 0 radical (unpaired) electrons. The second-order valence-corrected chi connectivity index (χ2v) is 5.62. The largest absolute Gasteiger partial charge is 0.468 e. The van der Waals surface area contributed by atoms with Gasteiger partial charge in [0, 0.05) is 18.3 Å². The van der Waals surface area contributed by atoms with Gasteiger partial charge in [0.25, 0.3) is 0 Å². The predicted molar refractivity (Wildman–Crippen MR) is 85.6 cm³/mol. The van der Waals surface area contributed by atoms with E-state index >= 15 is 0 Å². The first-order chi connectivity index (χ1) is 11.7. The molecule has 0 bridgehead atoms. The van der Waals surface area contributed by atoms with Crippen LogP contribution in [0.15, 0.2) is 48.7 Å². The van der Waals surface area contributed by atoms with Crippen LogP contribution in [0.2, 0.25) is 0 Å². The Morgan fingerprint density at radius 3 is 2.52 bits per heavy atom. The highest BCUT2D eigenvalue weighted by Crippen LogP contribution is 2.21. The van der Waals surface area contributed by atoms with Crippen molar-refractivity contribution in [2.75, 3.05) is 6.61 Å². The Bertz CT molecular complexity index is 719. The molecule has 1 unspecified atom stereocenters. The van der Waals surface area contributed by atoms with Gasteiger partial charge in [0.1, 0.15) is 5.54 Å². The van der Waals surface area contributed by atoms with Gasteiger partial charge >= 0.3 is 6.18 Å². The van der Waals surface area contributed by atoms with Crippen LogP contribution in [0.1, 0.15) is 18.1 Å². The van der Waals surface area contributed by atoms with E-state index in [-0.39, 0.29) is 12.4 Å². The molecule has 0 saturated carbocycles. The van der Waals surface area contributed by atoms with Gasteiger partial charge in [-0.3, -0.25) is 4.79 Å². The third-order valence-corrected chi connectivity index (χ3v) is 3.51. The van der Waals surface area contributed by atoms with Gasteiger partial charge in [-0.25, -0.2) is 4.98 Å². The zero-order valence-corrected chi connectivity index (χ0v) is 13.5. The van der Waals surface area contributed by atoms with E-state index in [4.69, 9.17) is 5.73 Å². The number of benzene rings is 1. The van der Waals surface area contributed by atoms with Crippen LogP contribution in [-0.2, 0) is 16.9 Å². The van der Waals surface area contributed by atoms with E-state index in [9.17, 15) is 18.0 Å². The van der Waals surface area contributed by atoms with Crippen LogP contribution in [0.3, 0.4) is 0 Å². The summed E-state index contributed by atoms with van der Waals surface area (Å²) in [7, 11) is 0. The summed E-state index contributed by atoms with van der Waals surface area (Å²) >= 11 is 0. The molecule has 0 fully saturated rings. The minimum atomic E-state index is -4.47. The Balaban J connectivity index is 2.05. The predicted octanol–water partition coefficient (Wildman–Crippen LogP) is 2.51. The summed E-state index contributed by atoms with van der Waals surface area (Å²) in [5, 5.41) is 2.61. The number of ether oxygens (including phenoxy) is 1. The van der Waals surface area contributed by atoms with Gasteiger partial charge in [-0.05, 0) is 18.6 Å². The summed E-state index contributed by atoms with van der Waals surface area (Å²) in [4.78, 5) is 16.2. The lowest BCUT2D eigenvalue weighted by atomic mass is 9.92. The van der Waals surface area contributed by atoms with Gasteiger partial charge < -0.3 is 15.8 Å². The number of hydrogen-bond donors (Lipinski definition) is 2. The number of carbonyl (C=O) groups excluding carboxylic acids is 1. The van der Waals surface area contributed by atoms with Crippen LogP contribution in [-0.4, -0.2) is 23.7 Å². The number of hydrogen-bond acceptors (Lipinski definition) is 4. The summed E-state index contributed by atoms with van der Waals surface area (Å²) in [6.45, 7) is 0.0467. The normalized spacial score (nSPS) is 13.8. The molecule has 0 spiro atoms. The minimum absolute atomic E-state index is 0.0561. The van der Waals surface area contributed by atoms with Crippen molar-refractivity contribution < 1.29 is 22.7 Å². The molecular formula is C17H18F3N3O2. The second kappa shape index (κ2) is 7.52. The van der Waals surface area contributed by atoms with Gasteiger partial charge in [0.05, 0.1) is 0 Å². The van der Waals surface area contributed by atoms with E-state index in [0.29, 0.717) is 11.1 Å². The van der Waals surface area contributed by atoms with E-state index in [1.54, 1.807) is 43.3 Å². The Labute approximate surface area is 143 Å². The molecule has 2 rings (SSSR count). The summed E-state index contributed by atoms with van der Waals surface area (Å²) < 4.78 is 41.6. The number of amides is 1. The number of rotatable bonds is 6. The molecule has 0 saturated heterocycles. The maximum Gasteiger partial charge on any atom is 0.422 e. The lowest BCUT2D eigenvalue weighted by molar-refractivity contribution is -0.154. The van der Waals surface area contributed by atoms with Gasteiger partial charge in [-0.1, -0.05) is 36.4 Å². The fraction of sp³-hybridized carbons (Fsp3) is 0.294. The summed E-state index contributed by atoms with van der Waals surface area (Å²) in [6.07, 6.45) is -3.16. The van der Waals surface area contributed by atoms with E-state index < -0.39 is 24.2 Å². The molecular weight excluding hydrogens is 335 g/mol. The number of carbonyl (C=O) groups is 1. The zero-order valence-electron chi connectivity index (χ0n) is 13.5. The maximum absolute atomic E-state index is 12.4. The molecule has 134 valence electrons. The number of pyridine rings is 1. The molecule has 1 amide bonds. The Hall–Kier alpha value is -2.61. The molecule has 3 N–H and O–H groups in total. The Morgan fingerprint density at radius 2 is 1.88 bits per heavy atom. The fourth-order valence-corrected chi connectivity index (χ4v) is 2.11. The van der Waals surface area contributed by atoms with E-state index in [2.05, 4.69) is 15.0 Å². The molecule has 5 nitrogen and oxygen atoms in total. The Morgan fingerprint density at radius 1 is 1.20 bits per heavy atom. The monoisotopic (exact) mass is 353 g/mol. The van der Waals surface area contributed by atoms with Crippen molar-refractivity contribution >= 4 is 5.91 Å². The Kier molecular flexibility index (Phi) is 5.63. The molecule has 25 heavy (non-hydrogen) atoms. The number of nitrogens with two attached hydrogens (primary N) is 1. The number of alkyl halides is 3. The lowest BCUT2D eigenvalue weighted by Gasteiger charge is -2.24. The molecule has 0 aliphatic carbocycles. The average molecular weight is 353 g/mol. The highest BCUT2D eigenvalue weighted by molar-refractivity contribution is 5.86. The van der Waals surface area contributed by atoms with Crippen LogP contribution in [0.25, 0.3) is 0 Å². The third kappa shape index (κ3) is 5.18. The smallest absolute Gasteiger partial charge is 0.422 e. The minimum Gasteiger partial charge on any atom is -0.468 e. The highest BCUT2D eigenvalue weighted by Gasteiger charge is 2.31. The SMILES string of the molecule is CC(N)(C(=O)NCc1cccnc1OCC(F)(F)F)c1ccccc1. The molecule has 2 aromatic rings. The zero-order chi connectivity index (χ0) is 18.5. The highest BCUT2D eigenvalue weighted by atomic mass is 19.4. The van der Waals surface area contributed by atoms with Crippen molar-refractivity contribution in [3.8, 4) is 5.88 Å². The van der Waals surface area contributed by atoms with Gasteiger partial charge in [-0.2, -0.15) is 13.2 Å². The first-order valence-corrected chi connectivity index (χ1v) is 7.46. The molecule has 0 aliphatic heterocycles. The first kappa shape index (κ1) is 18.7. The van der Waals surface area contributed by atoms with Crippen molar-refractivity contribution in [3.05, 3.63) is 59.8 Å². The molecule has 1 atom stereocenters. The standard InChI is InChI=1S/C17H18F3N3O2/c1-16(21,13-7-3-2-4-8-13)15(24)23-10-12-6-5-9-22-14(12)25-11-17(18,19)20/h2-9H,10-11,21H2,1H3,(H,23,24). The van der Waals surface area contributed by atoms with E-state index in [1.807, 2.05) is 0 Å². The molecule has 1 heterocycles. The fourth-order valence-electron chi connectivity index (χ4n) is 2.11. The van der Waals surface area contributed by atoms with Crippen molar-refractivity contribution in [1.29, 1.82) is 0 Å². The van der Waals surface area contributed by atoms with Gasteiger partial charge in [0.2, 0.25) is 11.8 Å². The van der Waals surface area contributed by atoms with Crippen molar-refractivity contribution in [1.82, 2.24) is 10.3 Å². The van der Waals surface area contributed by atoms with Crippen molar-refractivity contribution in [2.45, 2.75) is 25.2 Å². The quantitative estimate of drug-likeness (QED) is 0.837. The number of aromatic nitrogens is 1. The summed E-state index contributed by atoms with van der Waals surface area (Å²) in [5.41, 5.74) is 5.75. The molecule has 1 aromatic heterocycles. The van der Waals surface area contributed by atoms with Crippen molar-refractivity contribution in [2.24, 2.45) is 5.73 Å². The van der Waals surface area contributed by atoms with Crippen LogP contribution in [0, 0.1) is 0 Å². The summed E-state index contributed by atoms with van der Waals surface area (Å²) in [5.74, 6) is -0.650. The second-order valence-electron chi connectivity index (χ2n) is 5.62. The number of halogens is 3. The van der Waals surface area contributed by atoms with Crippen LogP contribution < -0.4 is 15.8 Å². The summed E-state index contributed by atoms with van der Waals surface area (Å²) in [6, 6.07) is 11.8. The van der Waals surface area contributed by atoms with Crippen LogP contribution >= 0.6 is 0 Å². The average Bonchev–Trinajstić information content (AvgIpc) is 2.58. The van der Waals surface area contributed by atoms with Crippen LogP contribution in [0.4, 0.5) is 13.2 Å². The van der Waals surface area contributed by atoms with Gasteiger partial charge in [-0.15, -0.1) is 0 Å². The third-order valence-electron chi connectivity index (χ3n) is 3.51. The van der Waals surface area contributed by atoms with Crippen molar-refractivity contribution in [3.63, 3.8) is 0 Å². The van der Waals surface area contributed by atoms with E-state index in [0.717, 1.165) is 0 Å². The van der Waals surface area contributed by atoms with Crippen LogP contribution in [0.5, 0.6) is 5.88 Å². The van der Waals surface area contributed by atoms with E-state index in [1.165, 1.54) is 12.3 Å². The lowest BCUT2D eigenvalue weighted by Crippen LogP contribution is -2.48. The first-order valence-electron chi connectivity index (χ1n) is 7.46. The number of nitrogens with zero attached hydrogens (tertiary/aromatic N) is 1. The molecule has 0 aliphatic rings. The maximum atomic E-state index is 12.4.